The monoisotopic (exact) mass is 250 g/mol. The van der Waals surface area contributed by atoms with E-state index in [-0.39, 0.29) is 19.0 Å². The van der Waals surface area contributed by atoms with Crippen molar-refractivity contribution in [2.24, 2.45) is 0 Å². The summed E-state index contributed by atoms with van der Waals surface area (Å²) >= 11 is 0. The van der Waals surface area contributed by atoms with Crippen LogP contribution in [0.5, 0.6) is 0 Å². The molecular formula is C13H14O5. The molecule has 0 N–H and O–H groups in total. The van der Waals surface area contributed by atoms with E-state index in [9.17, 15) is 9.59 Å². The van der Waals surface area contributed by atoms with E-state index in [4.69, 9.17) is 14.2 Å². The number of rotatable bonds is 4. The Hall–Kier alpha value is -1.72. The lowest BCUT2D eigenvalue weighted by Gasteiger charge is -2.10. The highest BCUT2D eigenvalue weighted by atomic mass is 16.7. The minimum Gasteiger partial charge on any atom is -0.457 e. The van der Waals surface area contributed by atoms with Crippen molar-refractivity contribution in [2.45, 2.75) is 19.3 Å². The van der Waals surface area contributed by atoms with Crippen molar-refractivity contribution >= 4 is 11.8 Å². The number of Topliss-reactive ketones (excluding diaryl/α,β-unsaturated/α-hetero) is 1. The summed E-state index contributed by atoms with van der Waals surface area (Å²) in [5.41, 5.74) is 0.471. The molecule has 0 spiro atoms. The van der Waals surface area contributed by atoms with Gasteiger partial charge in [0.1, 0.15) is 12.7 Å². The standard InChI is InChI=1S/C13H14O5/c1-9(14)11-7-16-12(18-11)8-17-13(15)10-5-3-2-4-6-10/h2-6,11-12H,7-8H2,1H3. The zero-order valence-electron chi connectivity index (χ0n) is 10.00. The average molecular weight is 250 g/mol. The smallest absolute Gasteiger partial charge is 0.338 e. The second kappa shape index (κ2) is 5.75. The van der Waals surface area contributed by atoms with Crippen LogP contribution in [-0.2, 0) is 19.0 Å². The summed E-state index contributed by atoms with van der Waals surface area (Å²) in [7, 11) is 0. The van der Waals surface area contributed by atoms with Gasteiger partial charge in [-0.1, -0.05) is 18.2 Å². The van der Waals surface area contributed by atoms with Crippen molar-refractivity contribution < 1.29 is 23.8 Å². The van der Waals surface area contributed by atoms with Crippen LogP contribution >= 0.6 is 0 Å². The second-order valence-corrected chi connectivity index (χ2v) is 3.96. The first-order valence-corrected chi connectivity index (χ1v) is 5.66. The van der Waals surface area contributed by atoms with Crippen molar-refractivity contribution in [1.29, 1.82) is 0 Å². The van der Waals surface area contributed by atoms with Gasteiger partial charge < -0.3 is 14.2 Å². The zero-order valence-corrected chi connectivity index (χ0v) is 10.00. The van der Waals surface area contributed by atoms with E-state index in [0.717, 1.165) is 0 Å². The lowest BCUT2D eigenvalue weighted by molar-refractivity contribution is -0.132. The molecule has 1 saturated heterocycles. The Morgan fingerprint density at radius 1 is 1.33 bits per heavy atom. The van der Waals surface area contributed by atoms with Gasteiger partial charge in [0, 0.05) is 0 Å². The molecule has 5 nitrogen and oxygen atoms in total. The number of carbonyl (C=O) groups excluding carboxylic acids is 2. The summed E-state index contributed by atoms with van der Waals surface area (Å²) in [5, 5.41) is 0. The molecule has 1 aliphatic rings. The molecule has 1 fully saturated rings. The highest BCUT2D eigenvalue weighted by molar-refractivity contribution is 5.89. The summed E-state index contributed by atoms with van der Waals surface area (Å²) in [5.74, 6) is -0.527. The number of hydrogen-bond donors (Lipinski definition) is 0. The number of ether oxygens (including phenoxy) is 3. The molecule has 0 bridgehead atoms. The van der Waals surface area contributed by atoms with Gasteiger partial charge in [0.15, 0.2) is 12.1 Å². The molecule has 5 heteroatoms. The molecule has 0 amide bonds. The van der Waals surface area contributed by atoms with Gasteiger partial charge in [0.25, 0.3) is 0 Å². The Labute approximate surface area is 105 Å². The van der Waals surface area contributed by atoms with Crippen molar-refractivity contribution in [1.82, 2.24) is 0 Å². The largest absolute Gasteiger partial charge is 0.457 e. The van der Waals surface area contributed by atoms with Crippen molar-refractivity contribution in [3.8, 4) is 0 Å². The molecule has 2 rings (SSSR count). The first kappa shape index (κ1) is 12.7. The Balaban J connectivity index is 1.79. The van der Waals surface area contributed by atoms with Crippen molar-refractivity contribution in [2.75, 3.05) is 13.2 Å². The summed E-state index contributed by atoms with van der Waals surface area (Å²) in [6, 6.07) is 8.65. The van der Waals surface area contributed by atoms with E-state index >= 15 is 0 Å². The van der Waals surface area contributed by atoms with Crippen LogP contribution in [0.4, 0.5) is 0 Å². The molecule has 18 heavy (non-hydrogen) atoms. The third kappa shape index (κ3) is 3.15. The van der Waals surface area contributed by atoms with Gasteiger partial charge in [-0.2, -0.15) is 0 Å². The molecule has 1 heterocycles. The lowest BCUT2D eigenvalue weighted by Crippen LogP contribution is -2.23. The van der Waals surface area contributed by atoms with Crippen LogP contribution in [-0.4, -0.2) is 37.4 Å². The van der Waals surface area contributed by atoms with Gasteiger partial charge in [-0.05, 0) is 19.1 Å². The molecule has 2 unspecified atom stereocenters. The van der Waals surface area contributed by atoms with Gasteiger partial charge in [-0.25, -0.2) is 4.79 Å². The van der Waals surface area contributed by atoms with Crippen LogP contribution in [0, 0.1) is 0 Å². The Kier molecular flexibility index (Phi) is 4.07. The number of ketones is 1. The van der Waals surface area contributed by atoms with Gasteiger partial charge in [0.2, 0.25) is 0 Å². The van der Waals surface area contributed by atoms with Crippen molar-refractivity contribution in [3.05, 3.63) is 35.9 Å². The normalized spacial score (nSPS) is 22.7. The van der Waals surface area contributed by atoms with E-state index in [2.05, 4.69) is 0 Å². The molecular weight excluding hydrogens is 236 g/mol. The van der Waals surface area contributed by atoms with Crippen LogP contribution in [0.15, 0.2) is 30.3 Å². The van der Waals surface area contributed by atoms with Gasteiger partial charge in [-0.15, -0.1) is 0 Å². The van der Waals surface area contributed by atoms with Crippen LogP contribution in [0.2, 0.25) is 0 Å². The molecule has 0 aliphatic carbocycles. The second-order valence-electron chi connectivity index (χ2n) is 3.96. The van der Waals surface area contributed by atoms with Crippen molar-refractivity contribution in [3.63, 3.8) is 0 Å². The van der Waals surface area contributed by atoms with E-state index in [0.29, 0.717) is 5.56 Å². The van der Waals surface area contributed by atoms with Gasteiger partial charge in [-0.3, -0.25) is 4.79 Å². The minimum absolute atomic E-state index is 0.0164. The van der Waals surface area contributed by atoms with Crippen LogP contribution in [0.25, 0.3) is 0 Å². The van der Waals surface area contributed by atoms with E-state index in [1.165, 1.54) is 6.92 Å². The molecule has 1 aliphatic heterocycles. The topological polar surface area (TPSA) is 61.8 Å². The first-order chi connectivity index (χ1) is 8.66. The van der Waals surface area contributed by atoms with E-state index in [1.54, 1.807) is 24.3 Å². The number of benzene rings is 1. The molecule has 0 saturated carbocycles. The third-order valence-corrected chi connectivity index (χ3v) is 2.56. The highest BCUT2D eigenvalue weighted by Gasteiger charge is 2.30. The fourth-order valence-corrected chi connectivity index (χ4v) is 1.56. The number of esters is 1. The van der Waals surface area contributed by atoms with E-state index < -0.39 is 18.4 Å². The summed E-state index contributed by atoms with van der Waals surface area (Å²) in [4.78, 5) is 22.7. The Morgan fingerprint density at radius 2 is 2.06 bits per heavy atom. The fraction of sp³-hybridized carbons (Fsp3) is 0.385. The van der Waals surface area contributed by atoms with Gasteiger partial charge in [0.05, 0.1) is 12.2 Å². The maximum atomic E-state index is 11.6. The average Bonchev–Trinajstić information content (AvgIpc) is 2.86. The molecule has 96 valence electrons. The van der Waals surface area contributed by atoms with Crippen LogP contribution in [0.3, 0.4) is 0 Å². The maximum absolute atomic E-state index is 11.6. The quantitative estimate of drug-likeness (QED) is 0.751. The minimum atomic E-state index is -0.661. The number of hydrogen-bond acceptors (Lipinski definition) is 5. The molecule has 1 aromatic carbocycles. The zero-order chi connectivity index (χ0) is 13.0. The fourth-order valence-electron chi connectivity index (χ4n) is 1.56. The first-order valence-electron chi connectivity index (χ1n) is 5.66. The predicted octanol–water partition coefficient (Wildman–Crippen LogP) is 1.17. The Bertz CT molecular complexity index is 428. The van der Waals surface area contributed by atoms with Crippen LogP contribution < -0.4 is 0 Å². The predicted molar refractivity (Wildman–Crippen MR) is 62.0 cm³/mol. The molecule has 2 atom stereocenters. The lowest BCUT2D eigenvalue weighted by atomic mass is 10.2. The summed E-state index contributed by atoms with van der Waals surface area (Å²) in [6.07, 6.45) is -1.21. The molecule has 0 radical (unpaired) electrons. The summed E-state index contributed by atoms with van der Waals surface area (Å²) in [6.45, 7) is 1.63. The third-order valence-electron chi connectivity index (χ3n) is 2.56. The SMILES string of the molecule is CC(=O)C1COC(COC(=O)c2ccccc2)O1. The summed E-state index contributed by atoms with van der Waals surface area (Å²) < 4.78 is 15.5. The number of carbonyl (C=O) groups is 2. The van der Waals surface area contributed by atoms with Crippen LogP contribution in [0.1, 0.15) is 17.3 Å². The Morgan fingerprint density at radius 3 is 2.67 bits per heavy atom. The van der Waals surface area contributed by atoms with E-state index in [1.807, 2.05) is 6.07 Å². The molecule has 1 aromatic rings. The maximum Gasteiger partial charge on any atom is 0.338 e. The van der Waals surface area contributed by atoms with Gasteiger partial charge >= 0.3 is 5.97 Å². The highest BCUT2D eigenvalue weighted by Crippen LogP contribution is 2.13. The molecule has 0 aromatic heterocycles.